The summed E-state index contributed by atoms with van der Waals surface area (Å²) in [4.78, 5) is 17.6. The Hall–Kier alpha value is -1.18. The van der Waals surface area contributed by atoms with Gasteiger partial charge in [0.2, 0.25) is 5.82 Å². The number of amides is 1. The van der Waals surface area contributed by atoms with Crippen molar-refractivity contribution < 1.29 is 9.90 Å². The number of halogens is 1. The molecule has 0 unspecified atom stereocenters. The molecule has 0 atom stereocenters. The van der Waals surface area contributed by atoms with Crippen LogP contribution in [0, 0.1) is 0 Å². The van der Waals surface area contributed by atoms with Crippen molar-refractivity contribution in [3.05, 3.63) is 12.2 Å². The summed E-state index contributed by atoms with van der Waals surface area (Å²) in [5, 5.41) is 15.9. The van der Waals surface area contributed by atoms with E-state index in [-0.39, 0.29) is 30.7 Å². The lowest BCUT2D eigenvalue weighted by Gasteiger charge is -2.26. The first-order valence-corrected chi connectivity index (χ1v) is 5.31. The van der Waals surface area contributed by atoms with Crippen molar-refractivity contribution in [1.82, 2.24) is 25.0 Å². The van der Waals surface area contributed by atoms with Crippen LogP contribution in [-0.2, 0) is 6.54 Å². The zero-order chi connectivity index (χ0) is 11.4. The van der Waals surface area contributed by atoms with Gasteiger partial charge in [-0.25, -0.2) is 9.67 Å². The Morgan fingerprint density at radius 1 is 1.47 bits per heavy atom. The third-order valence-electron chi connectivity index (χ3n) is 2.46. The van der Waals surface area contributed by atoms with Crippen LogP contribution in [0.5, 0.6) is 0 Å². The SMILES string of the molecule is Cl.O=C(c1ncn(CCO)n1)N1CCNCC1. The Morgan fingerprint density at radius 3 is 2.82 bits per heavy atom. The highest BCUT2D eigenvalue weighted by molar-refractivity contribution is 5.90. The Morgan fingerprint density at radius 2 is 2.18 bits per heavy atom. The maximum absolute atomic E-state index is 11.9. The summed E-state index contributed by atoms with van der Waals surface area (Å²) in [6, 6.07) is 0. The summed E-state index contributed by atoms with van der Waals surface area (Å²) in [6.45, 7) is 3.35. The molecule has 1 aromatic heterocycles. The van der Waals surface area contributed by atoms with Gasteiger partial charge in [-0.15, -0.1) is 17.5 Å². The number of nitrogens with one attached hydrogen (secondary N) is 1. The Balaban J connectivity index is 0.00000144. The highest BCUT2D eigenvalue weighted by atomic mass is 35.5. The molecule has 17 heavy (non-hydrogen) atoms. The number of aliphatic hydroxyl groups is 1. The molecule has 0 spiro atoms. The number of aliphatic hydroxyl groups excluding tert-OH is 1. The molecule has 7 nitrogen and oxygen atoms in total. The second-order valence-corrected chi connectivity index (χ2v) is 3.60. The topological polar surface area (TPSA) is 83.3 Å². The molecule has 1 saturated heterocycles. The average Bonchev–Trinajstić information content (AvgIpc) is 2.78. The first kappa shape index (κ1) is 13.9. The molecule has 2 rings (SSSR count). The first-order valence-electron chi connectivity index (χ1n) is 5.31. The number of carbonyl (C=O) groups is 1. The molecule has 0 aromatic carbocycles. The van der Waals surface area contributed by atoms with Crippen molar-refractivity contribution in [2.45, 2.75) is 6.54 Å². The van der Waals surface area contributed by atoms with Crippen LogP contribution in [0.15, 0.2) is 6.33 Å². The molecular formula is C9H16ClN5O2. The fraction of sp³-hybridized carbons (Fsp3) is 0.667. The normalized spacial score (nSPS) is 15.5. The fourth-order valence-electron chi connectivity index (χ4n) is 1.61. The molecular weight excluding hydrogens is 246 g/mol. The van der Waals surface area contributed by atoms with Crippen LogP contribution >= 0.6 is 12.4 Å². The van der Waals surface area contributed by atoms with E-state index in [1.165, 1.54) is 11.0 Å². The second kappa shape index (κ2) is 6.53. The summed E-state index contributed by atoms with van der Waals surface area (Å²) in [5.41, 5.74) is 0. The van der Waals surface area contributed by atoms with E-state index in [0.29, 0.717) is 19.6 Å². The van der Waals surface area contributed by atoms with Gasteiger partial charge in [0.15, 0.2) is 0 Å². The summed E-state index contributed by atoms with van der Waals surface area (Å²) in [7, 11) is 0. The van der Waals surface area contributed by atoms with Gasteiger partial charge < -0.3 is 15.3 Å². The number of carbonyl (C=O) groups excluding carboxylic acids is 1. The quantitative estimate of drug-likeness (QED) is 0.710. The van der Waals surface area contributed by atoms with E-state index in [9.17, 15) is 4.79 Å². The van der Waals surface area contributed by atoms with Gasteiger partial charge in [0.1, 0.15) is 6.33 Å². The number of aromatic nitrogens is 3. The van der Waals surface area contributed by atoms with Gasteiger partial charge in [0.25, 0.3) is 5.91 Å². The van der Waals surface area contributed by atoms with Crippen LogP contribution in [0.3, 0.4) is 0 Å². The number of hydrogen-bond acceptors (Lipinski definition) is 5. The van der Waals surface area contributed by atoms with Crippen LogP contribution in [-0.4, -0.2) is 63.5 Å². The lowest BCUT2D eigenvalue weighted by atomic mass is 10.3. The van der Waals surface area contributed by atoms with Crippen LogP contribution in [0.25, 0.3) is 0 Å². The summed E-state index contributed by atoms with van der Waals surface area (Å²) >= 11 is 0. The van der Waals surface area contributed by atoms with E-state index in [2.05, 4.69) is 15.4 Å². The van der Waals surface area contributed by atoms with E-state index >= 15 is 0 Å². The molecule has 1 fully saturated rings. The number of hydrogen-bond donors (Lipinski definition) is 2. The molecule has 1 aliphatic rings. The second-order valence-electron chi connectivity index (χ2n) is 3.60. The van der Waals surface area contributed by atoms with Crippen molar-refractivity contribution in [2.75, 3.05) is 32.8 Å². The molecule has 0 radical (unpaired) electrons. The van der Waals surface area contributed by atoms with Crippen LogP contribution in [0.2, 0.25) is 0 Å². The minimum absolute atomic E-state index is 0. The fourth-order valence-corrected chi connectivity index (χ4v) is 1.61. The molecule has 8 heteroatoms. The molecule has 0 saturated carbocycles. The first-order chi connectivity index (χ1) is 7.81. The molecule has 2 N–H and O–H groups in total. The number of piperazine rings is 1. The Labute approximate surface area is 105 Å². The minimum Gasteiger partial charge on any atom is -0.394 e. The molecule has 0 aliphatic carbocycles. The smallest absolute Gasteiger partial charge is 0.293 e. The third kappa shape index (κ3) is 3.39. The van der Waals surface area contributed by atoms with E-state index in [4.69, 9.17) is 5.11 Å². The lowest BCUT2D eigenvalue weighted by molar-refractivity contribution is 0.0723. The third-order valence-corrected chi connectivity index (χ3v) is 2.46. The standard InChI is InChI=1S/C9H15N5O2.ClH/c15-6-5-14-7-11-8(12-14)9(16)13-3-1-10-2-4-13;/h7,10,15H,1-6H2;1H. The predicted molar refractivity (Wildman–Crippen MR) is 63.1 cm³/mol. The average molecular weight is 262 g/mol. The maximum atomic E-state index is 11.9. The zero-order valence-corrected chi connectivity index (χ0v) is 10.2. The van der Waals surface area contributed by atoms with Crippen molar-refractivity contribution in [3.8, 4) is 0 Å². The van der Waals surface area contributed by atoms with Crippen LogP contribution in [0.4, 0.5) is 0 Å². The zero-order valence-electron chi connectivity index (χ0n) is 9.37. The Kier molecular flexibility index (Phi) is 5.33. The minimum atomic E-state index is -0.141. The van der Waals surface area contributed by atoms with E-state index < -0.39 is 0 Å². The summed E-state index contributed by atoms with van der Waals surface area (Å²) in [6.07, 6.45) is 1.46. The maximum Gasteiger partial charge on any atom is 0.293 e. The van der Waals surface area contributed by atoms with Crippen LogP contribution < -0.4 is 5.32 Å². The van der Waals surface area contributed by atoms with Gasteiger partial charge in [0, 0.05) is 26.2 Å². The number of rotatable bonds is 3. The van der Waals surface area contributed by atoms with Gasteiger partial charge >= 0.3 is 0 Å². The van der Waals surface area contributed by atoms with E-state index in [0.717, 1.165) is 13.1 Å². The van der Waals surface area contributed by atoms with Crippen molar-refractivity contribution in [1.29, 1.82) is 0 Å². The highest BCUT2D eigenvalue weighted by Gasteiger charge is 2.21. The Bertz CT molecular complexity index is 364. The van der Waals surface area contributed by atoms with Crippen LogP contribution in [0.1, 0.15) is 10.6 Å². The molecule has 2 heterocycles. The monoisotopic (exact) mass is 261 g/mol. The van der Waals surface area contributed by atoms with Gasteiger partial charge in [-0.2, -0.15) is 0 Å². The van der Waals surface area contributed by atoms with Crippen molar-refractivity contribution in [2.24, 2.45) is 0 Å². The van der Waals surface area contributed by atoms with Crippen molar-refractivity contribution >= 4 is 18.3 Å². The van der Waals surface area contributed by atoms with Gasteiger partial charge in [0.05, 0.1) is 13.2 Å². The predicted octanol–water partition coefficient (Wildman–Crippen LogP) is -1.26. The molecule has 96 valence electrons. The van der Waals surface area contributed by atoms with Crippen molar-refractivity contribution in [3.63, 3.8) is 0 Å². The summed E-state index contributed by atoms with van der Waals surface area (Å²) < 4.78 is 1.47. The highest BCUT2D eigenvalue weighted by Crippen LogP contribution is 2.00. The number of nitrogens with zero attached hydrogens (tertiary/aromatic N) is 4. The molecule has 1 amide bonds. The largest absolute Gasteiger partial charge is 0.394 e. The molecule has 1 aromatic rings. The summed E-state index contributed by atoms with van der Waals surface area (Å²) in [5.74, 6) is 0.0635. The van der Waals surface area contributed by atoms with Gasteiger partial charge in [-0.3, -0.25) is 4.79 Å². The van der Waals surface area contributed by atoms with E-state index in [1.54, 1.807) is 4.90 Å². The van der Waals surface area contributed by atoms with E-state index in [1.807, 2.05) is 0 Å². The molecule has 0 bridgehead atoms. The molecule has 1 aliphatic heterocycles. The van der Waals surface area contributed by atoms with Gasteiger partial charge in [-0.1, -0.05) is 0 Å². The lowest BCUT2D eigenvalue weighted by Crippen LogP contribution is -2.46. The van der Waals surface area contributed by atoms with Gasteiger partial charge in [-0.05, 0) is 0 Å².